The van der Waals surface area contributed by atoms with Crippen LogP contribution in [0, 0.1) is 6.92 Å². The highest BCUT2D eigenvalue weighted by molar-refractivity contribution is 7.12. The molecule has 0 aromatic carbocycles. The van der Waals surface area contributed by atoms with Crippen molar-refractivity contribution in [3.05, 3.63) is 21.9 Å². The van der Waals surface area contributed by atoms with E-state index in [0.29, 0.717) is 18.5 Å². The molecule has 0 bridgehead atoms. The van der Waals surface area contributed by atoms with Crippen molar-refractivity contribution in [1.29, 1.82) is 0 Å². The van der Waals surface area contributed by atoms with Crippen molar-refractivity contribution in [3.8, 4) is 0 Å². The van der Waals surface area contributed by atoms with Crippen molar-refractivity contribution in [2.75, 3.05) is 12.4 Å². The molecule has 0 spiro atoms. The molecule has 1 aliphatic carbocycles. The predicted octanol–water partition coefficient (Wildman–Crippen LogP) is 2.90. The molecule has 1 fully saturated rings. The van der Waals surface area contributed by atoms with Gasteiger partial charge in [0.25, 0.3) is 5.91 Å². The van der Waals surface area contributed by atoms with E-state index in [2.05, 4.69) is 0 Å². The molecule has 4 heteroatoms. The Bertz CT molecular complexity index is 359. The Morgan fingerprint density at radius 3 is 2.87 bits per heavy atom. The molecular weight excluding hydrogens is 230 g/mol. The second-order valence-corrected chi connectivity index (χ2v) is 5.15. The van der Waals surface area contributed by atoms with E-state index in [1.54, 1.807) is 0 Å². The Morgan fingerprint density at radius 2 is 2.40 bits per heavy atom. The minimum Gasteiger partial charge on any atom is -0.334 e. The van der Waals surface area contributed by atoms with Gasteiger partial charge in [-0.2, -0.15) is 0 Å². The van der Waals surface area contributed by atoms with E-state index in [1.807, 2.05) is 23.3 Å². The smallest absolute Gasteiger partial charge is 0.264 e. The van der Waals surface area contributed by atoms with Crippen molar-refractivity contribution in [3.63, 3.8) is 0 Å². The summed E-state index contributed by atoms with van der Waals surface area (Å²) >= 11 is 7.25. The number of carbonyl (C=O) groups is 1. The summed E-state index contributed by atoms with van der Waals surface area (Å²) in [7, 11) is 0. The molecule has 1 saturated carbocycles. The fourth-order valence-electron chi connectivity index (χ4n) is 1.65. The molecule has 0 unspecified atom stereocenters. The average molecular weight is 244 g/mol. The Hall–Kier alpha value is -0.540. The Kier molecular flexibility index (Phi) is 3.32. The quantitative estimate of drug-likeness (QED) is 0.745. The highest BCUT2D eigenvalue weighted by Crippen LogP contribution is 2.29. The van der Waals surface area contributed by atoms with Gasteiger partial charge in [0.1, 0.15) is 0 Å². The van der Waals surface area contributed by atoms with Crippen molar-refractivity contribution in [2.45, 2.75) is 25.8 Å². The normalized spacial score (nSPS) is 15.3. The summed E-state index contributed by atoms with van der Waals surface area (Å²) in [6.07, 6.45) is 2.26. The lowest BCUT2D eigenvalue weighted by Gasteiger charge is -2.20. The van der Waals surface area contributed by atoms with E-state index in [-0.39, 0.29) is 5.91 Å². The lowest BCUT2D eigenvalue weighted by molar-refractivity contribution is 0.0758. The molecule has 1 aromatic rings. The third-order valence-corrected chi connectivity index (χ3v) is 3.80. The predicted molar refractivity (Wildman–Crippen MR) is 63.8 cm³/mol. The van der Waals surface area contributed by atoms with Crippen molar-refractivity contribution in [2.24, 2.45) is 0 Å². The zero-order valence-electron chi connectivity index (χ0n) is 8.70. The van der Waals surface area contributed by atoms with Crippen LogP contribution in [-0.2, 0) is 0 Å². The minimum atomic E-state index is 0.158. The van der Waals surface area contributed by atoms with Crippen LogP contribution < -0.4 is 0 Å². The maximum Gasteiger partial charge on any atom is 0.264 e. The molecule has 2 rings (SSSR count). The zero-order chi connectivity index (χ0) is 10.8. The summed E-state index contributed by atoms with van der Waals surface area (Å²) in [5.41, 5.74) is 1.07. The number of alkyl halides is 1. The molecular formula is C11H14ClNOS. The number of hydrogen-bond donors (Lipinski definition) is 0. The number of halogens is 1. The maximum absolute atomic E-state index is 12.2. The minimum absolute atomic E-state index is 0.158. The van der Waals surface area contributed by atoms with Gasteiger partial charge < -0.3 is 4.90 Å². The van der Waals surface area contributed by atoms with Gasteiger partial charge in [0.15, 0.2) is 0 Å². The fraction of sp³-hybridized carbons (Fsp3) is 0.545. The van der Waals surface area contributed by atoms with Crippen molar-refractivity contribution < 1.29 is 4.79 Å². The molecule has 0 radical (unpaired) electrons. The second kappa shape index (κ2) is 4.54. The molecule has 0 aliphatic heterocycles. The van der Waals surface area contributed by atoms with Gasteiger partial charge in [0, 0.05) is 18.5 Å². The van der Waals surface area contributed by atoms with Gasteiger partial charge in [-0.05, 0) is 36.8 Å². The molecule has 0 atom stereocenters. The zero-order valence-corrected chi connectivity index (χ0v) is 10.3. The molecule has 0 N–H and O–H groups in total. The number of amides is 1. The summed E-state index contributed by atoms with van der Waals surface area (Å²) in [6.45, 7) is 2.65. The van der Waals surface area contributed by atoms with Crippen LogP contribution in [0.25, 0.3) is 0 Å². The van der Waals surface area contributed by atoms with E-state index in [1.165, 1.54) is 11.3 Å². The van der Waals surface area contributed by atoms with Gasteiger partial charge in [-0.15, -0.1) is 22.9 Å². The molecule has 2 nitrogen and oxygen atoms in total. The van der Waals surface area contributed by atoms with Crippen LogP contribution in [0.1, 0.15) is 28.1 Å². The number of hydrogen-bond acceptors (Lipinski definition) is 2. The molecule has 15 heavy (non-hydrogen) atoms. The van der Waals surface area contributed by atoms with Crippen LogP contribution in [0.15, 0.2) is 11.4 Å². The standard InChI is InChI=1S/C11H14ClNOS/c1-8-4-7-15-10(8)11(14)13(6-5-12)9-2-3-9/h4,7,9H,2-3,5-6H2,1H3. The largest absolute Gasteiger partial charge is 0.334 e. The molecule has 1 aromatic heterocycles. The summed E-state index contributed by atoms with van der Waals surface area (Å²) in [5.74, 6) is 0.679. The first-order valence-electron chi connectivity index (χ1n) is 5.15. The molecule has 1 aliphatic rings. The second-order valence-electron chi connectivity index (χ2n) is 3.85. The van der Waals surface area contributed by atoms with Crippen molar-refractivity contribution in [1.82, 2.24) is 4.90 Å². The molecule has 0 saturated heterocycles. The Balaban J connectivity index is 2.14. The molecule has 1 amide bonds. The first-order valence-corrected chi connectivity index (χ1v) is 6.56. The first-order chi connectivity index (χ1) is 7.24. The summed E-state index contributed by atoms with van der Waals surface area (Å²) in [5, 5.41) is 1.97. The number of thiophene rings is 1. The van der Waals surface area contributed by atoms with Gasteiger partial charge in [-0.1, -0.05) is 0 Å². The number of aryl methyl sites for hydroxylation is 1. The van der Waals surface area contributed by atoms with Gasteiger partial charge in [-0.3, -0.25) is 4.79 Å². The van der Waals surface area contributed by atoms with Gasteiger partial charge in [0.2, 0.25) is 0 Å². The van der Waals surface area contributed by atoms with Gasteiger partial charge in [0.05, 0.1) is 4.88 Å². The number of carbonyl (C=O) groups excluding carboxylic acids is 1. The monoisotopic (exact) mass is 243 g/mol. The van der Waals surface area contributed by atoms with E-state index in [0.717, 1.165) is 23.3 Å². The Morgan fingerprint density at radius 1 is 1.67 bits per heavy atom. The van der Waals surface area contributed by atoms with Crippen LogP contribution >= 0.6 is 22.9 Å². The van der Waals surface area contributed by atoms with E-state index in [4.69, 9.17) is 11.6 Å². The van der Waals surface area contributed by atoms with E-state index in [9.17, 15) is 4.79 Å². The van der Waals surface area contributed by atoms with Crippen LogP contribution in [-0.4, -0.2) is 29.3 Å². The van der Waals surface area contributed by atoms with Crippen LogP contribution in [0.4, 0.5) is 0 Å². The first kappa shape index (κ1) is 11.0. The lowest BCUT2D eigenvalue weighted by Crippen LogP contribution is -2.34. The van der Waals surface area contributed by atoms with Gasteiger partial charge in [-0.25, -0.2) is 0 Å². The van der Waals surface area contributed by atoms with E-state index < -0.39 is 0 Å². The van der Waals surface area contributed by atoms with Crippen LogP contribution in [0.5, 0.6) is 0 Å². The van der Waals surface area contributed by atoms with E-state index >= 15 is 0 Å². The third-order valence-electron chi connectivity index (χ3n) is 2.63. The molecule has 1 heterocycles. The Labute approximate surface area is 98.8 Å². The highest BCUT2D eigenvalue weighted by atomic mass is 35.5. The third kappa shape index (κ3) is 2.34. The van der Waals surface area contributed by atoms with Crippen LogP contribution in [0.2, 0.25) is 0 Å². The summed E-state index contributed by atoms with van der Waals surface area (Å²) in [4.78, 5) is 15.0. The molecule has 82 valence electrons. The summed E-state index contributed by atoms with van der Waals surface area (Å²) in [6, 6.07) is 2.43. The van der Waals surface area contributed by atoms with Gasteiger partial charge >= 0.3 is 0 Å². The summed E-state index contributed by atoms with van der Waals surface area (Å²) < 4.78 is 0. The maximum atomic E-state index is 12.2. The van der Waals surface area contributed by atoms with Crippen LogP contribution in [0.3, 0.4) is 0 Å². The van der Waals surface area contributed by atoms with Crippen molar-refractivity contribution >= 4 is 28.8 Å². The fourth-order valence-corrected chi connectivity index (χ4v) is 2.71. The number of rotatable bonds is 4. The SMILES string of the molecule is Cc1ccsc1C(=O)N(CCCl)C1CC1. The topological polar surface area (TPSA) is 20.3 Å². The highest BCUT2D eigenvalue weighted by Gasteiger charge is 2.33. The lowest BCUT2D eigenvalue weighted by atomic mass is 10.2. The average Bonchev–Trinajstić information content (AvgIpc) is 2.97. The number of nitrogens with zero attached hydrogens (tertiary/aromatic N) is 1.